The number of halogens is 2. The Balaban J connectivity index is 1.89. The number of hydrogen-bond acceptors (Lipinski definition) is 1. The Bertz CT molecular complexity index is 604. The molecule has 1 unspecified atom stereocenters. The third-order valence-electron chi connectivity index (χ3n) is 3.60. The van der Waals surface area contributed by atoms with Crippen LogP contribution in [0, 0.1) is 12.7 Å². The summed E-state index contributed by atoms with van der Waals surface area (Å²) in [4.78, 5) is 0. The Morgan fingerprint density at radius 1 is 1.26 bits per heavy atom. The normalized spacial score (nSPS) is 17.3. The molecule has 1 N–H and O–H groups in total. The van der Waals surface area contributed by atoms with Gasteiger partial charge in [-0.25, -0.2) is 4.39 Å². The zero-order chi connectivity index (χ0) is 13.4. The van der Waals surface area contributed by atoms with Crippen molar-refractivity contribution in [3.05, 3.63) is 63.4 Å². The smallest absolute Gasteiger partial charge is 0.126 e. The minimum Gasteiger partial charge on any atom is -0.378 e. The lowest BCUT2D eigenvalue weighted by Crippen LogP contribution is -2.07. The molecule has 0 fully saturated rings. The predicted octanol–water partition coefficient (Wildman–Crippen LogP) is 5.00. The molecule has 2 aromatic rings. The van der Waals surface area contributed by atoms with Crippen LogP contribution < -0.4 is 5.32 Å². The van der Waals surface area contributed by atoms with E-state index in [1.807, 2.05) is 6.07 Å². The van der Waals surface area contributed by atoms with E-state index >= 15 is 0 Å². The van der Waals surface area contributed by atoms with Crippen molar-refractivity contribution in [2.45, 2.75) is 25.8 Å². The summed E-state index contributed by atoms with van der Waals surface area (Å²) in [5.41, 5.74) is 4.24. The van der Waals surface area contributed by atoms with E-state index in [0.29, 0.717) is 0 Å². The highest BCUT2D eigenvalue weighted by molar-refractivity contribution is 9.10. The fraction of sp³-hybridized carbons (Fsp3) is 0.250. The highest BCUT2D eigenvalue weighted by Crippen LogP contribution is 2.35. The van der Waals surface area contributed by atoms with Gasteiger partial charge in [-0.2, -0.15) is 0 Å². The van der Waals surface area contributed by atoms with Crippen LogP contribution >= 0.6 is 15.9 Å². The molecule has 98 valence electrons. The molecule has 0 heterocycles. The Morgan fingerprint density at radius 2 is 2.11 bits per heavy atom. The number of nitrogens with one attached hydrogen (secondary N) is 1. The van der Waals surface area contributed by atoms with Crippen molar-refractivity contribution in [2.24, 2.45) is 0 Å². The highest BCUT2D eigenvalue weighted by atomic mass is 79.9. The Kier molecular flexibility index (Phi) is 3.31. The van der Waals surface area contributed by atoms with Crippen LogP contribution in [0.4, 0.5) is 10.1 Å². The zero-order valence-corrected chi connectivity index (χ0v) is 12.3. The quantitative estimate of drug-likeness (QED) is 0.821. The van der Waals surface area contributed by atoms with Crippen LogP contribution in [0.3, 0.4) is 0 Å². The largest absolute Gasteiger partial charge is 0.378 e. The van der Waals surface area contributed by atoms with Gasteiger partial charge in [-0.3, -0.25) is 0 Å². The molecule has 0 bridgehead atoms. The first-order valence-corrected chi connectivity index (χ1v) is 7.24. The summed E-state index contributed by atoms with van der Waals surface area (Å²) in [5.74, 6) is -0.0766. The molecular formula is C16H15BrFN. The number of rotatable bonds is 2. The van der Waals surface area contributed by atoms with Crippen LogP contribution in [0.25, 0.3) is 0 Å². The maximum absolute atomic E-state index is 13.7. The standard InChI is InChI=1S/C16H15BrFN/c1-10-7-11(17)9-12(8-10)19-16-6-5-13-14(16)3-2-4-15(13)18/h2-4,7-9,16,19H,5-6H2,1H3. The van der Waals surface area contributed by atoms with Crippen molar-refractivity contribution in [2.75, 3.05) is 5.32 Å². The van der Waals surface area contributed by atoms with Crippen molar-refractivity contribution in [1.29, 1.82) is 0 Å². The number of benzene rings is 2. The minimum atomic E-state index is -0.0766. The van der Waals surface area contributed by atoms with Crippen LogP contribution in [0.2, 0.25) is 0 Å². The molecular weight excluding hydrogens is 305 g/mol. The van der Waals surface area contributed by atoms with Crippen LogP contribution in [0.1, 0.15) is 29.2 Å². The zero-order valence-electron chi connectivity index (χ0n) is 10.7. The fourth-order valence-electron chi connectivity index (χ4n) is 2.78. The third kappa shape index (κ3) is 2.52. The van der Waals surface area contributed by atoms with E-state index < -0.39 is 0 Å². The summed E-state index contributed by atoms with van der Waals surface area (Å²) in [5, 5.41) is 3.51. The molecule has 19 heavy (non-hydrogen) atoms. The molecule has 0 aromatic heterocycles. The van der Waals surface area contributed by atoms with Crippen LogP contribution in [-0.4, -0.2) is 0 Å². The second-order valence-electron chi connectivity index (χ2n) is 5.06. The SMILES string of the molecule is Cc1cc(Br)cc(NC2CCc3c(F)cccc32)c1. The summed E-state index contributed by atoms with van der Waals surface area (Å²) in [6, 6.07) is 11.8. The first-order chi connectivity index (χ1) is 9.13. The number of fused-ring (bicyclic) bond motifs is 1. The molecule has 3 rings (SSSR count). The van der Waals surface area contributed by atoms with Gasteiger partial charge in [-0.15, -0.1) is 0 Å². The summed E-state index contributed by atoms with van der Waals surface area (Å²) in [7, 11) is 0. The second kappa shape index (κ2) is 4.97. The van der Waals surface area contributed by atoms with E-state index in [9.17, 15) is 4.39 Å². The lowest BCUT2D eigenvalue weighted by Gasteiger charge is -2.16. The monoisotopic (exact) mass is 319 g/mol. The van der Waals surface area contributed by atoms with E-state index in [1.54, 1.807) is 12.1 Å². The maximum Gasteiger partial charge on any atom is 0.126 e. The van der Waals surface area contributed by atoms with Gasteiger partial charge in [0, 0.05) is 10.2 Å². The predicted molar refractivity (Wildman–Crippen MR) is 80.0 cm³/mol. The molecule has 0 spiro atoms. The lowest BCUT2D eigenvalue weighted by atomic mass is 10.1. The maximum atomic E-state index is 13.7. The molecule has 3 heteroatoms. The Morgan fingerprint density at radius 3 is 2.89 bits per heavy atom. The number of hydrogen-bond donors (Lipinski definition) is 1. The molecule has 1 aliphatic carbocycles. The van der Waals surface area contributed by atoms with Crippen molar-refractivity contribution >= 4 is 21.6 Å². The molecule has 0 saturated heterocycles. The van der Waals surface area contributed by atoms with Gasteiger partial charge >= 0.3 is 0 Å². The summed E-state index contributed by atoms with van der Waals surface area (Å²) < 4.78 is 14.8. The first kappa shape index (κ1) is 12.7. The summed E-state index contributed by atoms with van der Waals surface area (Å²) >= 11 is 3.51. The van der Waals surface area contributed by atoms with Crippen LogP contribution in [0.5, 0.6) is 0 Å². The molecule has 0 radical (unpaired) electrons. The Hall–Kier alpha value is -1.35. The molecule has 0 saturated carbocycles. The van der Waals surface area contributed by atoms with Gasteiger partial charge in [0.1, 0.15) is 5.82 Å². The van der Waals surface area contributed by atoms with Gasteiger partial charge in [-0.1, -0.05) is 28.1 Å². The molecule has 1 atom stereocenters. The molecule has 1 nitrogen and oxygen atoms in total. The van der Waals surface area contributed by atoms with Crippen LogP contribution in [0.15, 0.2) is 40.9 Å². The first-order valence-electron chi connectivity index (χ1n) is 6.44. The van der Waals surface area contributed by atoms with Gasteiger partial charge in [0.25, 0.3) is 0 Å². The average Bonchev–Trinajstić information content (AvgIpc) is 2.73. The summed E-state index contributed by atoms with van der Waals surface area (Å²) in [6.45, 7) is 2.07. The highest BCUT2D eigenvalue weighted by Gasteiger charge is 2.24. The van der Waals surface area contributed by atoms with Crippen LogP contribution in [-0.2, 0) is 6.42 Å². The van der Waals surface area contributed by atoms with Gasteiger partial charge in [0.15, 0.2) is 0 Å². The topological polar surface area (TPSA) is 12.0 Å². The fourth-order valence-corrected chi connectivity index (χ4v) is 3.39. The van der Waals surface area contributed by atoms with E-state index in [1.165, 1.54) is 5.56 Å². The third-order valence-corrected chi connectivity index (χ3v) is 4.05. The van der Waals surface area contributed by atoms with Crippen molar-refractivity contribution in [3.63, 3.8) is 0 Å². The minimum absolute atomic E-state index is 0.0766. The van der Waals surface area contributed by atoms with Crippen molar-refractivity contribution in [3.8, 4) is 0 Å². The summed E-state index contributed by atoms with van der Waals surface area (Å²) in [6.07, 6.45) is 1.76. The van der Waals surface area contributed by atoms with E-state index in [-0.39, 0.29) is 11.9 Å². The van der Waals surface area contributed by atoms with Gasteiger partial charge in [0.05, 0.1) is 6.04 Å². The number of aryl methyl sites for hydroxylation is 1. The van der Waals surface area contributed by atoms with Crippen molar-refractivity contribution in [1.82, 2.24) is 0 Å². The van der Waals surface area contributed by atoms with E-state index in [2.05, 4.69) is 46.4 Å². The average molecular weight is 320 g/mol. The molecule has 2 aromatic carbocycles. The van der Waals surface area contributed by atoms with Gasteiger partial charge in [0.2, 0.25) is 0 Å². The van der Waals surface area contributed by atoms with E-state index in [4.69, 9.17) is 0 Å². The lowest BCUT2D eigenvalue weighted by molar-refractivity contribution is 0.612. The number of anilines is 1. The van der Waals surface area contributed by atoms with Gasteiger partial charge in [-0.05, 0) is 60.7 Å². The van der Waals surface area contributed by atoms with E-state index in [0.717, 1.165) is 34.1 Å². The molecule has 0 aliphatic heterocycles. The van der Waals surface area contributed by atoms with Gasteiger partial charge < -0.3 is 5.32 Å². The van der Waals surface area contributed by atoms with Crippen molar-refractivity contribution < 1.29 is 4.39 Å². The Labute approximate surface area is 121 Å². The molecule has 0 amide bonds. The molecule has 1 aliphatic rings. The second-order valence-corrected chi connectivity index (χ2v) is 5.98.